The van der Waals surface area contributed by atoms with Crippen molar-refractivity contribution in [3.8, 4) is 0 Å². The lowest BCUT2D eigenvalue weighted by atomic mass is 10.2. The molecule has 2 aromatic heterocycles. The fourth-order valence-electron chi connectivity index (χ4n) is 4.66. The molecule has 8 heteroatoms. The van der Waals surface area contributed by atoms with Crippen LogP contribution in [0.5, 0.6) is 0 Å². The number of anilines is 2. The number of carbonyl (C=O) groups is 2. The maximum atomic E-state index is 14.0. The van der Waals surface area contributed by atoms with Crippen LogP contribution in [-0.2, 0) is 0 Å². The van der Waals surface area contributed by atoms with Crippen LogP contribution in [0.2, 0.25) is 10.0 Å². The molecule has 0 atom stereocenters. The Morgan fingerprint density at radius 2 is 0.875 bits per heavy atom. The maximum Gasteiger partial charge on any atom is 0.269 e. The monoisotopic (exact) mass is 600 g/mol. The second-order valence-corrected chi connectivity index (χ2v) is 11.9. The molecule has 4 nitrogen and oxygen atoms in total. The van der Waals surface area contributed by atoms with Gasteiger partial charge in [-0.2, -0.15) is 0 Å². The second kappa shape index (κ2) is 11.4. The molecule has 0 unspecified atom stereocenters. The molecule has 0 aliphatic rings. The molecule has 0 bridgehead atoms. The minimum atomic E-state index is -0.210. The van der Waals surface area contributed by atoms with Gasteiger partial charge in [-0.05, 0) is 36.4 Å². The van der Waals surface area contributed by atoms with Crippen LogP contribution in [-0.4, -0.2) is 24.9 Å². The molecule has 0 saturated heterocycles. The lowest BCUT2D eigenvalue weighted by molar-refractivity contribution is 0.0972. The largest absolute Gasteiger partial charge is 0.306 e. The van der Waals surface area contributed by atoms with Gasteiger partial charge in [0.2, 0.25) is 0 Å². The molecule has 0 radical (unpaired) electrons. The van der Waals surface area contributed by atoms with E-state index in [9.17, 15) is 9.59 Å². The van der Waals surface area contributed by atoms with Gasteiger partial charge in [0.1, 0.15) is 9.75 Å². The molecule has 0 aliphatic carbocycles. The van der Waals surface area contributed by atoms with E-state index >= 15 is 0 Å². The van der Waals surface area contributed by atoms with E-state index in [0.29, 0.717) is 19.8 Å². The maximum absolute atomic E-state index is 14.0. The average molecular weight is 602 g/mol. The Hall–Kier alpha value is -3.68. The van der Waals surface area contributed by atoms with Gasteiger partial charge in [-0.15, -0.1) is 22.7 Å². The molecular formula is C32H22Cl2N2O2S2. The molecule has 198 valence electrons. The highest BCUT2D eigenvalue weighted by molar-refractivity contribution is 7.22. The fourth-order valence-corrected chi connectivity index (χ4v) is 7.58. The predicted molar refractivity (Wildman–Crippen MR) is 170 cm³/mol. The number of rotatable bonds is 7. The molecule has 0 spiro atoms. The summed E-state index contributed by atoms with van der Waals surface area (Å²) in [6.07, 6.45) is 0. The van der Waals surface area contributed by atoms with E-state index in [1.165, 1.54) is 22.7 Å². The summed E-state index contributed by atoms with van der Waals surface area (Å²) in [6, 6.07) is 34.3. The Bertz CT molecular complexity index is 1700. The third kappa shape index (κ3) is 5.00. The average Bonchev–Trinajstić information content (AvgIpc) is 3.52. The van der Waals surface area contributed by atoms with Gasteiger partial charge in [-0.3, -0.25) is 9.59 Å². The van der Waals surface area contributed by atoms with Crippen molar-refractivity contribution in [2.45, 2.75) is 0 Å². The first kappa shape index (κ1) is 26.5. The van der Waals surface area contributed by atoms with E-state index < -0.39 is 0 Å². The number of hydrogen-bond acceptors (Lipinski definition) is 4. The van der Waals surface area contributed by atoms with Gasteiger partial charge in [0.05, 0.1) is 10.0 Å². The Morgan fingerprint density at radius 1 is 0.525 bits per heavy atom. The Kier molecular flexibility index (Phi) is 7.59. The number of hydrogen-bond donors (Lipinski definition) is 0. The molecule has 6 rings (SSSR count). The van der Waals surface area contributed by atoms with Crippen molar-refractivity contribution in [1.82, 2.24) is 0 Å². The first-order valence-corrected chi connectivity index (χ1v) is 15.0. The third-order valence-electron chi connectivity index (χ3n) is 6.63. The zero-order chi connectivity index (χ0) is 27.6. The second-order valence-electron chi connectivity index (χ2n) is 9.07. The topological polar surface area (TPSA) is 40.6 Å². The van der Waals surface area contributed by atoms with Crippen LogP contribution < -0.4 is 9.80 Å². The highest BCUT2D eigenvalue weighted by Gasteiger charge is 2.28. The summed E-state index contributed by atoms with van der Waals surface area (Å²) >= 11 is 16.2. The number of halogens is 2. The molecule has 2 amide bonds. The summed E-state index contributed by atoms with van der Waals surface area (Å²) in [5.41, 5.74) is 1.45. The molecule has 40 heavy (non-hydrogen) atoms. The lowest BCUT2D eigenvalue weighted by Gasteiger charge is -2.28. The number of nitrogens with zero attached hydrogens (tertiary/aromatic N) is 2. The van der Waals surface area contributed by atoms with Crippen molar-refractivity contribution in [3.63, 3.8) is 0 Å². The van der Waals surface area contributed by atoms with Crippen LogP contribution in [0.15, 0.2) is 109 Å². The summed E-state index contributed by atoms with van der Waals surface area (Å²) in [5, 5.41) is 2.59. The summed E-state index contributed by atoms with van der Waals surface area (Å²) < 4.78 is 1.90. The normalized spacial score (nSPS) is 11.2. The van der Waals surface area contributed by atoms with E-state index in [0.717, 1.165) is 31.5 Å². The first-order chi connectivity index (χ1) is 19.5. The van der Waals surface area contributed by atoms with Crippen molar-refractivity contribution >= 4 is 89.2 Å². The number of carbonyl (C=O) groups excluding carboxylic acids is 2. The van der Waals surface area contributed by atoms with Crippen LogP contribution in [0.3, 0.4) is 0 Å². The van der Waals surface area contributed by atoms with E-state index in [4.69, 9.17) is 23.2 Å². The van der Waals surface area contributed by atoms with Crippen molar-refractivity contribution in [1.29, 1.82) is 0 Å². The van der Waals surface area contributed by atoms with Gasteiger partial charge in [0, 0.05) is 44.6 Å². The Labute approximate surface area is 249 Å². The number of amides is 2. The van der Waals surface area contributed by atoms with Crippen LogP contribution in [0.1, 0.15) is 19.3 Å². The zero-order valence-electron chi connectivity index (χ0n) is 21.1. The highest BCUT2D eigenvalue weighted by atomic mass is 35.5. The van der Waals surface area contributed by atoms with Crippen LogP contribution >= 0.6 is 45.9 Å². The summed E-state index contributed by atoms with van der Waals surface area (Å²) in [6.45, 7) is 0.493. The van der Waals surface area contributed by atoms with Crippen LogP contribution in [0, 0.1) is 0 Å². The number of fused-ring (bicyclic) bond motifs is 2. The fraction of sp³-hybridized carbons (Fsp3) is 0.0625. The quantitative estimate of drug-likeness (QED) is 0.183. The summed E-state index contributed by atoms with van der Waals surface area (Å²) in [7, 11) is 0. The molecule has 0 aliphatic heterocycles. The molecule has 6 aromatic rings. The van der Waals surface area contributed by atoms with Gasteiger partial charge in [0.15, 0.2) is 0 Å². The van der Waals surface area contributed by atoms with Gasteiger partial charge in [-0.25, -0.2) is 0 Å². The lowest BCUT2D eigenvalue weighted by Crippen LogP contribution is -2.41. The van der Waals surface area contributed by atoms with E-state index in [1.54, 1.807) is 9.80 Å². The SMILES string of the molecule is O=C(c1sc2ccccc2c1Cl)N(CCN(C(=O)c1sc2ccccc2c1Cl)c1ccccc1)c1ccccc1. The van der Waals surface area contributed by atoms with E-state index in [-0.39, 0.29) is 24.9 Å². The van der Waals surface area contributed by atoms with Gasteiger partial charge >= 0.3 is 0 Å². The van der Waals surface area contributed by atoms with Crippen LogP contribution in [0.4, 0.5) is 11.4 Å². The Morgan fingerprint density at radius 3 is 1.25 bits per heavy atom. The van der Waals surface area contributed by atoms with Crippen molar-refractivity contribution in [3.05, 3.63) is 129 Å². The number of thiophene rings is 2. The number of benzene rings is 4. The molecule has 4 aromatic carbocycles. The molecular weight excluding hydrogens is 579 g/mol. The molecule has 0 fully saturated rings. The highest BCUT2D eigenvalue weighted by Crippen LogP contribution is 2.38. The van der Waals surface area contributed by atoms with Gasteiger partial charge in [0.25, 0.3) is 11.8 Å². The van der Waals surface area contributed by atoms with Crippen molar-refractivity contribution in [2.75, 3.05) is 22.9 Å². The van der Waals surface area contributed by atoms with Crippen molar-refractivity contribution < 1.29 is 9.59 Å². The van der Waals surface area contributed by atoms with Gasteiger partial charge < -0.3 is 9.80 Å². The summed E-state index contributed by atoms with van der Waals surface area (Å²) in [5.74, 6) is -0.421. The smallest absolute Gasteiger partial charge is 0.269 e. The van der Waals surface area contributed by atoms with E-state index in [2.05, 4.69) is 0 Å². The molecule has 0 N–H and O–H groups in total. The minimum absolute atomic E-state index is 0.210. The minimum Gasteiger partial charge on any atom is -0.306 e. The third-order valence-corrected chi connectivity index (χ3v) is 9.96. The Balaban J connectivity index is 1.37. The standard InChI is InChI=1S/C32H22Cl2N2O2S2/c33-27-23-15-7-9-17-25(23)39-29(27)31(37)35(21-11-3-1-4-12-21)19-20-36(22-13-5-2-6-14-22)32(38)30-28(34)24-16-8-10-18-26(24)40-30/h1-18H,19-20H2. The predicted octanol–water partition coefficient (Wildman–Crippen LogP) is 9.42. The first-order valence-electron chi connectivity index (χ1n) is 12.6. The molecule has 2 heterocycles. The molecule has 0 saturated carbocycles. The number of para-hydroxylation sites is 2. The summed E-state index contributed by atoms with van der Waals surface area (Å²) in [4.78, 5) is 32.4. The van der Waals surface area contributed by atoms with Gasteiger partial charge in [-0.1, -0.05) is 96.0 Å². The van der Waals surface area contributed by atoms with Crippen LogP contribution in [0.25, 0.3) is 20.2 Å². The van der Waals surface area contributed by atoms with E-state index in [1.807, 2.05) is 109 Å². The zero-order valence-corrected chi connectivity index (χ0v) is 24.2. The van der Waals surface area contributed by atoms with Crippen molar-refractivity contribution in [2.24, 2.45) is 0 Å².